The van der Waals surface area contributed by atoms with Gasteiger partial charge in [-0.1, -0.05) is 17.7 Å². The fourth-order valence-electron chi connectivity index (χ4n) is 2.60. The van der Waals surface area contributed by atoms with Gasteiger partial charge in [0.2, 0.25) is 0 Å². The summed E-state index contributed by atoms with van der Waals surface area (Å²) in [6.45, 7) is 9.79. The van der Waals surface area contributed by atoms with Crippen LogP contribution in [0.15, 0.2) is 12.1 Å². The van der Waals surface area contributed by atoms with Crippen molar-refractivity contribution in [2.24, 2.45) is 0 Å². The number of hydrogen-bond donors (Lipinski definition) is 2. The molecule has 1 aromatic rings. The smallest absolute Gasteiger partial charge is 0.0452 e. The van der Waals surface area contributed by atoms with Crippen molar-refractivity contribution in [2.45, 2.75) is 26.8 Å². The van der Waals surface area contributed by atoms with Crippen molar-refractivity contribution in [3.05, 3.63) is 34.4 Å². The zero-order valence-corrected chi connectivity index (χ0v) is 9.85. The van der Waals surface area contributed by atoms with Crippen LogP contribution in [0, 0.1) is 20.8 Å². The average molecular weight is 204 g/mol. The predicted octanol–water partition coefficient (Wildman–Crippen LogP) is 1.85. The third kappa shape index (κ3) is 2.21. The first-order valence-corrected chi connectivity index (χ1v) is 5.70. The van der Waals surface area contributed by atoms with Crippen LogP contribution >= 0.6 is 0 Å². The normalized spacial score (nSPS) is 21.7. The van der Waals surface area contributed by atoms with Crippen LogP contribution in [-0.2, 0) is 0 Å². The Hall–Kier alpha value is -0.860. The Labute approximate surface area is 92.1 Å². The van der Waals surface area contributed by atoms with Crippen molar-refractivity contribution in [3.63, 3.8) is 0 Å². The summed E-state index contributed by atoms with van der Waals surface area (Å²) in [5.41, 5.74) is 5.66. The molecule has 1 aliphatic heterocycles. The fraction of sp³-hybridized carbons (Fsp3) is 0.538. The quantitative estimate of drug-likeness (QED) is 0.729. The third-order valence-corrected chi connectivity index (χ3v) is 3.13. The first-order chi connectivity index (χ1) is 7.18. The highest BCUT2D eigenvalue weighted by atomic mass is 15.1. The van der Waals surface area contributed by atoms with Gasteiger partial charge >= 0.3 is 0 Å². The molecule has 82 valence electrons. The van der Waals surface area contributed by atoms with Crippen LogP contribution in [0.4, 0.5) is 0 Å². The summed E-state index contributed by atoms with van der Waals surface area (Å²) < 4.78 is 0. The van der Waals surface area contributed by atoms with Gasteiger partial charge in [0, 0.05) is 25.7 Å². The van der Waals surface area contributed by atoms with Crippen molar-refractivity contribution in [3.8, 4) is 0 Å². The van der Waals surface area contributed by atoms with E-state index in [2.05, 4.69) is 43.5 Å². The number of piperazine rings is 1. The highest BCUT2D eigenvalue weighted by molar-refractivity contribution is 5.40. The Balaban J connectivity index is 2.33. The van der Waals surface area contributed by atoms with Crippen LogP contribution in [0.1, 0.15) is 28.3 Å². The minimum absolute atomic E-state index is 0.486. The molecule has 1 heterocycles. The van der Waals surface area contributed by atoms with Crippen LogP contribution in [-0.4, -0.2) is 19.6 Å². The lowest BCUT2D eigenvalue weighted by atomic mass is 9.93. The van der Waals surface area contributed by atoms with Gasteiger partial charge < -0.3 is 10.6 Å². The van der Waals surface area contributed by atoms with Gasteiger partial charge in [-0.15, -0.1) is 0 Å². The molecular weight excluding hydrogens is 184 g/mol. The lowest BCUT2D eigenvalue weighted by molar-refractivity contribution is 0.427. The number of benzene rings is 1. The lowest BCUT2D eigenvalue weighted by Crippen LogP contribution is -2.43. The molecule has 0 spiro atoms. The highest BCUT2D eigenvalue weighted by Crippen LogP contribution is 2.23. The van der Waals surface area contributed by atoms with E-state index >= 15 is 0 Å². The van der Waals surface area contributed by atoms with E-state index in [1.807, 2.05) is 0 Å². The summed E-state index contributed by atoms with van der Waals surface area (Å²) in [6, 6.07) is 5.04. The maximum Gasteiger partial charge on any atom is 0.0452 e. The zero-order chi connectivity index (χ0) is 10.8. The van der Waals surface area contributed by atoms with Gasteiger partial charge in [-0.2, -0.15) is 0 Å². The Morgan fingerprint density at radius 1 is 1.07 bits per heavy atom. The van der Waals surface area contributed by atoms with Crippen LogP contribution in [0.25, 0.3) is 0 Å². The van der Waals surface area contributed by atoms with Crippen LogP contribution in [0.2, 0.25) is 0 Å². The molecule has 15 heavy (non-hydrogen) atoms. The van der Waals surface area contributed by atoms with Gasteiger partial charge in [0.15, 0.2) is 0 Å². The largest absolute Gasteiger partial charge is 0.314 e. The first-order valence-electron chi connectivity index (χ1n) is 5.70. The van der Waals surface area contributed by atoms with E-state index in [1.54, 1.807) is 0 Å². The maximum absolute atomic E-state index is 3.57. The molecular formula is C13H20N2. The molecule has 0 aromatic heterocycles. The van der Waals surface area contributed by atoms with E-state index in [9.17, 15) is 0 Å². The van der Waals surface area contributed by atoms with E-state index in [0.717, 1.165) is 19.6 Å². The van der Waals surface area contributed by atoms with Gasteiger partial charge in [-0.25, -0.2) is 0 Å². The van der Waals surface area contributed by atoms with Crippen molar-refractivity contribution in [1.29, 1.82) is 0 Å². The molecule has 1 aromatic carbocycles. The lowest BCUT2D eigenvalue weighted by Gasteiger charge is -2.27. The molecule has 2 N–H and O–H groups in total. The average Bonchev–Trinajstić information content (AvgIpc) is 2.17. The van der Waals surface area contributed by atoms with Crippen LogP contribution in [0.3, 0.4) is 0 Å². The molecule has 2 rings (SSSR count). The highest BCUT2D eigenvalue weighted by Gasteiger charge is 2.17. The second-order valence-electron chi connectivity index (χ2n) is 4.52. The Morgan fingerprint density at radius 3 is 2.27 bits per heavy atom. The van der Waals surface area contributed by atoms with Gasteiger partial charge in [0.25, 0.3) is 0 Å². The minimum atomic E-state index is 0.486. The summed E-state index contributed by atoms with van der Waals surface area (Å²) in [5, 5.41) is 7.01. The Kier molecular flexibility index (Phi) is 3.08. The Bertz CT molecular complexity index is 329. The first kappa shape index (κ1) is 10.7. The van der Waals surface area contributed by atoms with Gasteiger partial charge in [0.05, 0.1) is 0 Å². The number of rotatable bonds is 1. The molecule has 0 aliphatic carbocycles. The molecule has 2 nitrogen and oxygen atoms in total. The Morgan fingerprint density at radius 2 is 1.73 bits per heavy atom. The minimum Gasteiger partial charge on any atom is -0.314 e. The topological polar surface area (TPSA) is 24.1 Å². The van der Waals surface area contributed by atoms with E-state index in [1.165, 1.54) is 22.3 Å². The summed E-state index contributed by atoms with van der Waals surface area (Å²) in [6.07, 6.45) is 0. The van der Waals surface area contributed by atoms with Crippen molar-refractivity contribution < 1.29 is 0 Å². The number of aryl methyl sites for hydroxylation is 3. The summed E-state index contributed by atoms with van der Waals surface area (Å²) >= 11 is 0. The van der Waals surface area contributed by atoms with Gasteiger partial charge in [-0.05, 0) is 37.5 Å². The molecule has 2 heteroatoms. The molecule has 1 fully saturated rings. The molecule has 1 saturated heterocycles. The SMILES string of the molecule is Cc1cc(C)c([C@@H]2CNCCN2)c(C)c1. The summed E-state index contributed by atoms with van der Waals surface area (Å²) in [4.78, 5) is 0. The van der Waals surface area contributed by atoms with Crippen molar-refractivity contribution in [2.75, 3.05) is 19.6 Å². The van der Waals surface area contributed by atoms with Gasteiger partial charge in [0.1, 0.15) is 0 Å². The summed E-state index contributed by atoms with van der Waals surface area (Å²) in [7, 11) is 0. The molecule has 1 atom stereocenters. The summed E-state index contributed by atoms with van der Waals surface area (Å²) in [5.74, 6) is 0. The molecule has 0 amide bonds. The van der Waals surface area contributed by atoms with E-state index < -0.39 is 0 Å². The molecule has 0 radical (unpaired) electrons. The molecule has 1 aliphatic rings. The number of hydrogen-bond acceptors (Lipinski definition) is 2. The van der Waals surface area contributed by atoms with Crippen LogP contribution < -0.4 is 10.6 Å². The third-order valence-electron chi connectivity index (χ3n) is 3.13. The monoisotopic (exact) mass is 204 g/mol. The van der Waals surface area contributed by atoms with E-state index in [-0.39, 0.29) is 0 Å². The maximum atomic E-state index is 3.57. The van der Waals surface area contributed by atoms with Gasteiger partial charge in [-0.3, -0.25) is 0 Å². The molecule has 0 saturated carbocycles. The second kappa shape index (κ2) is 4.33. The molecule has 0 unspecified atom stereocenters. The number of nitrogens with one attached hydrogen (secondary N) is 2. The van der Waals surface area contributed by atoms with E-state index in [4.69, 9.17) is 0 Å². The fourth-order valence-corrected chi connectivity index (χ4v) is 2.60. The van der Waals surface area contributed by atoms with Crippen molar-refractivity contribution >= 4 is 0 Å². The predicted molar refractivity (Wildman–Crippen MR) is 64.3 cm³/mol. The second-order valence-corrected chi connectivity index (χ2v) is 4.52. The van der Waals surface area contributed by atoms with Crippen molar-refractivity contribution in [1.82, 2.24) is 10.6 Å². The van der Waals surface area contributed by atoms with E-state index in [0.29, 0.717) is 6.04 Å². The standard InChI is InChI=1S/C13H20N2/c1-9-6-10(2)13(11(3)7-9)12-8-14-4-5-15-12/h6-7,12,14-15H,4-5,8H2,1-3H3/t12-/m0/s1. The zero-order valence-electron chi connectivity index (χ0n) is 9.85. The molecule has 0 bridgehead atoms. The van der Waals surface area contributed by atoms with Crippen LogP contribution in [0.5, 0.6) is 0 Å².